The van der Waals surface area contributed by atoms with Gasteiger partial charge in [0.25, 0.3) is 23.6 Å². The predicted octanol–water partition coefficient (Wildman–Crippen LogP) is 0.577. The number of imide groups is 2. The van der Waals surface area contributed by atoms with E-state index in [9.17, 15) is 28.8 Å². The smallest absolute Gasteiger partial charge is 0.271 e. The summed E-state index contributed by atoms with van der Waals surface area (Å²) in [4.78, 5) is 90.4. The highest BCUT2D eigenvalue weighted by Crippen LogP contribution is 2.35. The molecule has 0 bridgehead atoms. The Balaban J connectivity index is 1.000. The first-order chi connectivity index (χ1) is 24.7. The minimum absolute atomic E-state index is 0.0860. The summed E-state index contributed by atoms with van der Waals surface area (Å²) in [6, 6.07) is 9.36. The van der Waals surface area contributed by atoms with E-state index in [2.05, 4.69) is 15.1 Å². The van der Waals surface area contributed by atoms with Crippen LogP contribution in [0.25, 0.3) is 0 Å². The van der Waals surface area contributed by atoms with E-state index >= 15 is 0 Å². The standard InChI is InChI=1S/C37H44N8O6/c38-25-11-15-40(16-12-25)19-23-3-1-5-26-28(23)21-42(34(26)48)30-7-9-32(46)44(36(30)50)45-33(47)10-8-31(37(45)51)43-22-29-24(4-2-6-27(29)35(43)49)20-41-17-13-39-14-18-41/h1-6,25,30-31,39H,7-22,38H2. The molecule has 2 aromatic carbocycles. The van der Waals surface area contributed by atoms with Gasteiger partial charge in [-0.2, -0.15) is 10.0 Å². The molecular formula is C37H44N8O6. The molecule has 6 aliphatic heterocycles. The molecule has 4 fully saturated rings. The summed E-state index contributed by atoms with van der Waals surface area (Å²) in [6.45, 7) is 7.04. The average molecular weight is 697 g/mol. The summed E-state index contributed by atoms with van der Waals surface area (Å²) in [5.74, 6) is -3.54. The first kappa shape index (κ1) is 33.6. The van der Waals surface area contributed by atoms with Crippen LogP contribution in [0.4, 0.5) is 0 Å². The van der Waals surface area contributed by atoms with Crippen LogP contribution in [0.15, 0.2) is 36.4 Å². The molecule has 0 aliphatic carbocycles. The highest BCUT2D eigenvalue weighted by Gasteiger charge is 2.52. The number of fused-ring (bicyclic) bond motifs is 2. The molecule has 0 aromatic heterocycles. The minimum Gasteiger partial charge on any atom is -0.328 e. The summed E-state index contributed by atoms with van der Waals surface area (Å²) in [6.07, 6.45) is 1.75. The van der Waals surface area contributed by atoms with Crippen molar-refractivity contribution in [2.75, 3.05) is 39.3 Å². The number of rotatable bonds is 7. The van der Waals surface area contributed by atoms with E-state index in [4.69, 9.17) is 5.73 Å². The molecule has 2 unspecified atom stereocenters. The van der Waals surface area contributed by atoms with E-state index in [-0.39, 0.29) is 56.6 Å². The van der Waals surface area contributed by atoms with Gasteiger partial charge in [0.15, 0.2) is 0 Å². The van der Waals surface area contributed by atoms with Crippen LogP contribution in [-0.4, -0.2) is 122 Å². The van der Waals surface area contributed by atoms with Crippen molar-refractivity contribution < 1.29 is 28.8 Å². The fourth-order valence-electron chi connectivity index (χ4n) is 8.60. The quantitative estimate of drug-likeness (QED) is 0.392. The third-order valence-corrected chi connectivity index (χ3v) is 11.5. The summed E-state index contributed by atoms with van der Waals surface area (Å²) in [5.41, 5.74) is 10.9. The first-order valence-corrected chi connectivity index (χ1v) is 18.2. The highest BCUT2D eigenvalue weighted by molar-refractivity contribution is 6.11. The van der Waals surface area contributed by atoms with Crippen LogP contribution < -0.4 is 11.1 Å². The van der Waals surface area contributed by atoms with Gasteiger partial charge in [-0.3, -0.25) is 38.6 Å². The number of nitrogens with zero attached hydrogens (tertiary/aromatic N) is 6. The molecule has 6 amide bonds. The molecule has 8 rings (SSSR count). The maximum atomic E-state index is 14.2. The van der Waals surface area contributed by atoms with Crippen LogP contribution in [0.2, 0.25) is 0 Å². The van der Waals surface area contributed by atoms with Crippen LogP contribution in [0.3, 0.4) is 0 Å². The van der Waals surface area contributed by atoms with Gasteiger partial charge in [-0.1, -0.05) is 24.3 Å². The Morgan fingerprint density at radius 1 is 0.608 bits per heavy atom. The van der Waals surface area contributed by atoms with Gasteiger partial charge in [-0.05, 0) is 73.2 Å². The van der Waals surface area contributed by atoms with Gasteiger partial charge < -0.3 is 20.9 Å². The molecule has 0 spiro atoms. The zero-order valence-corrected chi connectivity index (χ0v) is 28.7. The lowest BCUT2D eigenvalue weighted by molar-refractivity contribution is -0.189. The van der Waals surface area contributed by atoms with Crippen LogP contribution in [0, 0.1) is 0 Å². The number of nitrogens with one attached hydrogen (secondary N) is 1. The molecule has 51 heavy (non-hydrogen) atoms. The van der Waals surface area contributed by atoms with E-state index in [0.717, 1.165) is 74.4 Å². The Morgan fingerprint density at radius 2 is 1.06 bits per heavy atom. The highest BCUT2D eigenvalue weighted by atomic mass is 16.2. The Hall–Kier alpha value is -4.50. The van der Waals surface area contributed by atoms with Crippen molar-refractivity contribution in [3.05, 3.63) is 69.8 Å². The maximum absolute atomic E-state index is 14.2. The fourth-order valence-corrected chi connectivity index (χ4v) is 8.60. The Morgan fingerprint density at radius 3 is 1.53 bits per heavy atom. The van der Waals surface area contributed by atoms with Gasteiger partial charge in [0.1, 0.15) is 12.1 Å². The largest absolute Gasteiger partial charge is 0.328 e. The van der Waals surface area contributed by atoms with Gasteiger partial charge in [0.05, 0.1) is 0 Å². The number of nitrogens with two attached hydrogens (primary N) is 1. The zero-order chi connectivity index (χ0) is 35.4. The molecule has 268 valence electrons. The normalized spacial score (nSPS) is 25.4. The molecule has 0 radical (unpaired) electrons. The molecule has 14 nitrogen and oxygen atoms in total. The Kier molecular flexibility index (Phi) is 8.95. The Labute approximate surface area is 296 Å². The summed E-state index contributed by atoms with van der Waals surface area (Å²) in [7, 11) is 0. The molecule has 14 heteroatoms. The number of hydrogen-bond donors (Lipinski definition) is 2. The number of piperidine rings is 3. The second-order valence-corrected chi connectivity index (χ2v) is 14.6. The molecular weight excluding hydrogens is 652 g/mol. The number of hydrazine groups is 1. The molecule has 2 atom stereocenters. The van der Waals surface area contributed by atoms with Crippen LogP contribution in [-0.2, 0) is 45.4 Å². The minimum atomic E-state index is -1.03. The maximum Gasteiger partial charge on any atom is 0.271 e. The lowest BCUT2D eigenvalue weighted by atomic mass is 10.0. The predicted molar refractivity (Wildman–Crippen MR) is 183 cm³/mol. The molecule has 6 heterocycles. The number of benzene rings is 2. The number of likely N-dealkylation sites (tertiary alicyclic amines) is 1. The van der Waals surface area contributed by atoms with Crippen molar-refractivity contribution in [2.24, 2.45) is 5.73 Å². The second kappa shape index (κ2) is 13.6. The molecule has 0 saturated carbocycles. The van der Waals surface area contributed by atoms with Crippen LogP contribution >= 0.6 is 0 Å². The lowest BCUT2D eigenvalue weighted by Gasteiger charge is -2.43. The molecule has 2 aromatic rings. The number of amides is 6. The van der Waals surface area contributed by atoms with Crippen molar-refractivity contribution >= 4 is 35.4 Å². The Bertz CT molecular complexity index is 1800. The summed E-state index contributed by atoms with van der Waals surface area (Å²) >= 11 is 0. The van der Waals surface area contributed by atoms with Gasteiger partial charge in [0, 0.05) is 82.4 Å². The average Bonchev–Trinajstić information content (AvgIpc) is 3.65. The number of piperazine rings is 1. The van der Waals surface area contributed by atoms with Crippen molar-refractivity contribution in [3.8, 4) is 0 Å². The van der Waals surface area contributed by atoms with Gasteiger partial charge in [0.2, 0.25) is 11.8 Å². The molecule has 4 saturated heterocycles. The molecule has 3 N–H and O–H groups in total. The van der Waals surface area contributed by atoms with E-state index in [1.165, 1.54) is 9.80 Å². The monoisotopic (exact) mass is 696 g/mol. The van der Waals surface area contributed by atoms with Gasteiger partial charge in [-0.15, -0.1) is 0 Å². The first-order valence-electron chi connectivity index (χ1n) is 18.2. The summed E-state index contributed by atoms with van der Waals surface area (Å²) < 4.78 is 0. The van der Waals surface area contributed by atoms with Crippen LogP contribution in [0.5, 0.6) is 0 Å². The van der Waals surface area contributed by atoms with Gasteiger partial charge >= 0.3 is 0 Å². The fraction of sp³-hybridized carbons (Fsp3) is 0.514. The lowest BCUT2D eigenvalue weighted by Crippen LogP contribution is -2.67. The van der Waals surface area contributed by atoms with Crippen LogP contribution in [0.1, 0.15) is 81.5 Å². The van der Waals surface area contributed by atoms with Crippen molar-refractivity contribution in [1.29, 1.82) is 0 Å². The van der Waals surface area contributed by atoms with Crippen molar-refractivity contribution in [2.45, 2.75) is 82.8 Å². The van der Waals surface area contributed by atoms with Crippen molar-refractivity contribution in [1.82, 2.24) is 34.9 Å². The zero-order valence-electron chi connectivity index (χ0n) is 28.7. The van der Waals surface area contributed by atoms with E-state index in [0.29, 0.717) is 34.2 Å². The third-order valence-electron chi connectivity index (χ3n) is 11.5. The number of carbonyl (C=O) groups excluding carboxylic acids is 6. The SMILES string of the molecule is NC1CCN(Cc2cccc3c2CN(C2CCC(=O)N(N4C(=O)CCC(N5Cc6c(CN7CCNCC7)cccc6C5=O)C4=O)C2=O)C3=O)CC1. The molecule has 6 aliphatic rings. The van der Waals surface area contributed by atoms with E-state index < -0.39 is 35.7 Å². The van der Waals surface area contributed by atoms with E-state index in [1.54, 1.807) is 12.1 Å². The van der Waals surface area contributed by atoms with Gasteiger partial charge in [-0.25, -0.2) is 0 Å². The second-order valence-electron chi connectivity index (χ2n) is 14.6. The number of carbonyl (C=O) groups is 6. The summed E-state index contributed by atoms with van der Waals surface area (Å²) in [5, 5.41) is 4.66. The van der Waals surface area contributed by atoms with Crippen molar-refractivity contribution in [3.63, 3.8) is 0 Å². The number of hydrogen-bond acceptors (Lipinski definition) is 10. The topological polar surface area (TPSA) is 160 Å². The van der Waals surface area contributed by atoms with E-state index in [1.807, 2.05) is 24.3 Å². The third kappa shape index (κ3) is 6.03.